The fourth-order valence-corrected chi connectivity index (χ4v) is 3.96. The second-order valence-electron chi connectivity index (χ2n) is 7.58. The van der Waals surface area contributed by atoms with E-state index < -0.39 is 0 Å². The Labute approximate surface area is 198 Å². The summed E-state index contributed by atoms with van der Waals surface area (Å²) in [6.45, 7) is 0. The Bertz CT molecular complexity index is 779. The van der Waals surface area contributed by atoms with Gasteiger partial charge in [0.25, 0.3) is 0 Å². The summed E-state index contributed by atoms with van der Waals surface area (Å²) in [7, 11) is 0. The first-order valence-corrected chi connectivity index (χ1v) is 10.4. The Hall–Kier alpha value is -1.70. The van der Waals surface area contributed by atoms with Crippen molar-refractivity contribution >= 4 is 5.57 Å². The molecular formula is C28H24FeO2. The summed E-state index contributed by atoms with van der Waals surface area (Å²) < 4.78 is 0. The zero-order valence-corrected chi connectivity index (χ0v) is 18.3. The van der Waals surface area contributed by atoms with Crippen LogP contribution in [0.4, 0.5) is 0 Å². The summed E-state index contributed by atoms with van der Waals surface area (Å²) in [5.41, 5.74) is 4.34. The van der Waals surface area contributed by atoms with Crippen LogP contribution >= 0.6 is 0 Å². The molecule has 2 fully saturated rings. The van der Waals surface area contributed by atoms with Crippen LogP contribution in [0.15, 0.2) is 54.1 Å². The zero-order valence-electron chi connectivity index (χ0n) is 17.2. The zero-order chi connectivity index (χ0) is 20.8. The number of rotatable bonds is 8. The minimum Gasteiger partial charge on any atom is -0.872 e. The van der Waals surface area contributed by atoms with Gasteiger partial charge in [-0.05, 0) is 93.2 Å². The van der Waals surface area contributed by atoms with Crippen molar-refractivity contribution in [3.05, 3.63) is 128 Å². The molecule has 0 N–H and O–H groups in total. The van der Waals surface area contributed by atoms with E-state index in [1.54, 1.807) is 24.3 Å². The minimum absolute atomic E-state index is 0. The number of allylic oxidation sites excluding steroid dienone is 1. The van der Waals surface area contributed by atoms with E-state index in [1.165, 1.54) is 17.4 Å². The molecule has 3 heteroatoms. The number of hydrogen-bond donors (Lipinski definition) is 0. The van der Waals surface area contributed by atoms with E-state index in [2.05, 4.69) is 51.4 Å². The smallest absolute Gasteiger partial charge is 0.872 e. The molecule has 0 heterocycles. The average Bonchev–Trinajstić information content (AvgIpc) is 3.47. The van der Waals surface area contributed by atoms with Gasteiger partial charge in [0, 0.05) is 5.92 Å². The van der Waals surface area contributed by atoms with Gasteiger partial charge in [-0.3, -0.25) is 0 Å². The van der Waals surface area contributed by atoms with Crippen molar-refractivity contribution in [3.63, 3.8) is 0 Å². The molecule has 156 valence electrons. The first-order chi connectivity index (χ1) is 14.7. The minimum atomic E-state index is -0.00225. The molecule has 10 radical (unpaired) electrons. The third-order valence-corrected chi connectivity index (χ3v) is 5.47. The number of benzene rings is 2. The largest absolute Gasteiger partial charge is 2.00 e. The van der Waals surface area contributed by atoms with Crippen LogP contribution in [-0.4, -0.2) is 0 Å². The van der Waals surface area contributed by atoms with Crippen molar-refractivity contribution in [2.45, 2.75) is 25.7 Å². The van der Waals surface area contributed by atoms with E-state index in [-0.39, 0.29) is 28.6 Å². The summed E-state index contributed by atoms with van der Waals surface area (Å²) in [5, 5.41) is 23.4. The maximum absolute atomic E-state index is 11.7. The average molecular weight is 448 g/mol. The standard InChI is InChI=1S/C28H26O2.Fe/c29-25-17-13-23(14-18-25)28(24-15-19-26(30)20-16-24)27(22-10-4-5-11-22)12-6-3-9-21-7-1-2-8-21;/h1-2,4-5,7-8,10-11,13-20,29-30H,3,6,9,12H2;/q;+2/p-2. The summed E-state index contributed by atoms with van der Waals surface area (Å²) in [6, 6.07) is 14.0. The van der Waals surface area contributed by atoms with Crippen molar-refractivity contribution in [2.75, 3.05) is 0 Å². The normalized spacial score (nSPS) is 16.9. The Balaban J connectivity index is 0.00000272. The van der Waals surface area contributed by atoms with Crippen LogP contribution in [0.2, 0.25) is 0 Å². The molecular weight excluding hydrogens is 424 g/mol. The van der Waals surface area contributed by atoms with Crippen LogP contribution in [0, 0.1) is 63.2 Å². The first kappa shape index (κ1) is 24.0. The Morgan fingerprint density at radius 3 is 1.61 bits per heavy atom. The molecule has 0 bridgehead atoms. The summed E-state index contributed by atoms with van der Waals surface area (Å²) >= 11 is 0. The summed E-state index contributed by atoms with van der Waals surface area (Å²) in [6.07, 6.45) is 21.1. The fraction of sp³-hybridized carbons (Fsp3) is 0.143. The first-order valence-electron chi connectivity index (χ1n) is 10.4. The van der Waals surface area contributed by atoms with Crippen molar-refractivity contribution in [1.29, 1.82) is 0 Å². The third kappa shape index (κ3) is 6.40. The van der Waals surface area contributed by atoms with Gasteiger partial charge in [-0.2, -0.15) is 0 Å². The van der Waals surface area contributed by atoms with Gasteiger partial charge < -0.3 is 10.2 Å². The molecule has 0 unspecified atom stereocenters. The fourth-order valence-electron chi connectivity index (χ4n) is 3.96. The van der Waals surface area contributed by atoms with Gasteiger partial charge in [-0.1, -0.05) is 60.5 Å². The summed E-state index contributed by atoms with van der Waals surface area (Å²) in [5.74, 6) is 2.57. The third-order valence-electron chi connectivity index (χ3n) is 5.47. The molecule has 0 saturated heterocycles. The molecule has 0 aromatic heterocycles. The van der Waals surface area contributed by atoms with Gasteiger partial charge in [-0.25, -0.2) is 0 Å². The number of unbranched alkanes of at least 4 members (excludes halogenated alkanes) is 1. The topological polar surface area (TPSA) is 46.1 Å². The number of hydrogen-bond acceptors (Lipinski definition) is 2. The van der Waals surface area contributed by atoms with Crippen molar-refractivity contribution in [3.8, 4) is 11.5 Å². The van der Waals surface area contributed by atoms with Crippen LogP contribution in [0.1, 0.15) is 36.8 Å². The maximum atomic E-state index is 11.7. The molecule has 2 saturated carbocycles. The van der Waals surface area contributed by atoms with E-state index in [9.17, 15) is 10.2 Å². The molecule has 2 nitrogen and oxygen atoms in total. The molecule has 4 rings (SSSR count). The van der Waals surface area contributed by atoms with Gasteiger partial charge in [-0.15, -0.1) is 11.5 Å². The van der Waals surface area contributed by atoms with Crippen LogP contribution < -0.4 is 10.2 Å². The molecule has 2 aromatic carbocycles. The molecule has 2 aromatic rings. The molecule has 0 aliphatic heterocycles. The van der Waals surface area contributed by atoms with Crippen LogP contribution in [0.5, 0.6) is 11.5 Å². The monoisotopic (exact) mass is 448 g/mol. The van der Waals surface area contributed by atoms with E-state index in [4.69, 9.17) is 0 Å². The molecule has 31 heavy (non-hydrogen) atoms. The van der Waals surface area contributed by atoms with Crippen molar-refractivity contribution < 1.29 is 27.3 Å². The van der Waals surface area contributed by atoms with Crippen LogP contribution in [-0.2, 0) is 17.1 Å². The molecule has 2 aliphatic carbocycles. The van der Waals surface area contributed by atoms with Gasteiger partial charge in [0.15, 0.2) is 0 Å². The predicted molar refractivity (Wildman–Crippen MR) is 117 cm³/mol. The second-order valence-corrected chi connectivity index (χ2v) is 7.58. The Kier molecular flexibility index (Phi) is 9.11. The molecule has 0 spiro atoms. The Morgan fingerprint density at radius 1 is 0.613 bits per heavy atom. The van der Waals surface area contributed by atoms with Crippen LogP contribution in [0.3, 0.4) is 0 Å². The molecule has 0 amide bonds. The van der Waals surface area contributed by atoms with E-state index in [0.29, 0.717) is 0 Å². The van der Waals surface area contributed by atoms with Gasteiger partial charge in [0.1, 0.15) is 0 Å². The van der Waals surface area contributed by atoms with E-state index in [0.717, 1.165) is 42.4 Å². The summed E-state index contributed by atoms with van der Waals surface area (Å²) in [4.78, 5) is 0. The van der Waals surface area contributed by atoms with Crippen molar-refractivity contribution in [2.24, 2.45) is 0 Å². The van der Waals surface area contributed by atoms with Gasteiger partial charge in [0.05, 0.1) is 0 Å². The van der Waals surface area contributed by atoms with Gasteiger partial charge >= 0.3 is 17.1 Å². The predicted octanol–water partition coefficient (Wildman–Crippen LogP) is 5.00. The molecule has 0 atom stereocenters. The Morgan fingerprint density at radius 2 is 1.10 bits per heavy atom. The van der Waals surface area contributed by atoms with E-state index >= 15 is 0 Å². The molecule has 2 aliphatic rings. The maximum Gasteiger partial charge on any atom is 2.00 e. The van der Waals surface area contributed by atoms with Crippen LogP contribution in [0.25, 0.3) is 5.57 Å². The SMILES string of the molecule is [Fe+2].[O-]c1ccc(C(=C(CCCC[C]2[CH][CH][CH][CH]2)[C]2[CH][CH][CH][CH]2)c2ccc([O-])cc2)cc1. The van der Waals surface area contributed by atoms with Crippen molar-refractivity contribution in [1.82, 2.24) is 0 Å². The van der Waals surface area contributed by atoms with E-state index in [1.807, 2.05) is 24.3 Å². The second kappa shape index (κ2) is 11.8. The van der Waals surface area contributed by atoms with Gasteiger partial charge in [0.2, 0.25) is 0 Å². The quantitative estimate of drug-likeness (QED) is 0.421.